The molecule has 1 N–H and O–H groups in total. The molecule has 1 amide bonds. The first kappa shape index (κ1) is 21.7. The third-order valence-corrected chi connectivity index (χ3v) is 6.88. The number of amides is 1. The van der Waals surface area contributed by atoms with Gasteiger partial charge in [-0.05, 0) is 54.7 Å². The lowest BCUT2D eigenvalue weighted by atomic mass is 10.0. The van der Waals surface area contributed by atoms with E-state index in [1.54, 1.807) is 6.20 Å². The highest BCUT2D eigenvalue weighted by Gasteiger charge is 2.28. The summed E-state index contributed by atoms with van der Waals surface area (Å²) in [5, 5.41) is 0. The van der Waals surface area contributed by atoms with Gasteiger partial charge in [0.05, 0.1) is 23.8 Å². The fourth-order valence-corrected chi connectivity index (χ4v) is 5.10. The van der Waals surface area contributed by atoms with Gasteiger partial charge in [-0.1, -0.05) is 18.2 Å². The molecule has 33 heavy (non-hydrogen) atoms. The Hall–Kier alpha value is -3.16. The van der Waals surface area contributed by atoms with Crippen molar-refractivity contribution in [3.05, 3.63) is 80.5 Å². The summed E-state index contributed by atoms with van der Waals surface area (Å²) in [7, 11) is 0. The van der Waals surface area contributed by atoms with Gasteiger partial charge in [0, 0.05) is 31.2 Å². The maximum absolute atomic E-state index is 13.5. The highest BCUT2D eigenvalue weighted by Crippen LogP contribution is 2.30. The topological polar surface area (TPSA) is 79.7 Å². The molecule has 1 saturated heterocycles. The molecule has 1 atom stereocenters. The van der Waals surface area contributed by atoms with Crippen molar-refractivity contribution >= 4 is 34.9 Å². The monoisotopic (exact) mass is 464 g/mol. The average Bonchev–Trinajstić information content (AvgIpc) is 3.52. The number of aryl methyl sites for hydroxylation is 2. The van der Waals surface area contributed by atoms with Crippen LogP contribution in [0, 0.1) is 13.8 Å². The fraction of sp³-hybridized carbons (Fsp3) is 0.320. The zero-order valence-electron chi connectivity index (χ0n) is 18.6. The predicted molar refractivity (Wildman–Crippen MR) is 128 cm³/mol. The SMILES string of the molecule is Cc1cc2c(cc1C(=O)N1Cc3cccc(C)c3C1)[nH]c(=O)c1cnc(C3CCOC3)n12.Cl. The molecular formula is C25H25ClN4O3. The fourth-order valence-electron chi connectivity index (χ4n) is 5.10. The summed E-state index contributed by atoms with van der Waals surface area (Å²) in [6.07, 6.45) is 2.52. The summed E-state index contributed by atoms with van der Waals surface area (Å²) >= 11 is 0. The van der Waals surface area contributed by atoms with Gasteiger partial charge in [0.15, 0.2) is 0 Å². The van der Waals surface area contributed by atoms with Gasteiger partial charge >= 0.3 is 0 Å². The largest absolute Gasteiger partial charge is 0.381 e. The number of aromatic nitrogens is 3. The van der Waals surface area contributed by atoms with Crippen LogP contribution in [0.2, 0.25) is 0 Å². The van der Waals surface area contributed by atoms with Crippen molar-refractivity contribution in [2.24, 2.45) is 0 Å². The molecule has 0 bridgehead atoms. The molecule has 2 aliphatic rings. The minimum Gasteiger partial charge on any atom is -0.381 e. The average molecular weight is 465 g/mol. The Bertz CT molecular complexity index is 1470. The summed E-state index contributed by atoms with van der Waals surface area (Å²) in [6, 6.07) is 10.0. The van der Waals surface area contributed by atoms with E-state index < -0.39 is 0 Å². The number of ether oxygens (including phenoxy) is 1. The number of halogens is 1. The van der Waals surface area contributed by atoms with Crippen LogP contribution >= 0.6 is 12.4 Å². The van der Waals surface area contributed by atoms with Gasteiger partial charge in [-0.25, -0.2) is 4.98 Å². The smallest absolute Gasteiger partial charge is 0.274 e. The maximum Gasteiger partial charge on any atom is 0.274 e. The molecule has 0 aliphatic carbocycles. The van der Waals surface area contributed by atoms with Crippen molar-refractivity contribution in [3.63, 3.8) is 0 Å². The van der Waals surface area contributed by atoms with Gasteiger partial charge < -0.3 is 14.6 Å². The van der Waals surface area contributed by atoms with Crippen LogP contribution in [0.25, 0.3) is 16.6 Å². The Morgan fingerprint density at radius 3 is 2.76 bits per heavy atom. The number of hydrogen-bond acceptors (Lipinski definition) is 4. The third-order valence-electron chi connectivity index (χ3n) is 6.88. The highest BCUT2D eigenvalue weighted by molar-refractivity contribution is 5.99. The molecule has 0 saturated carbocycles. The van der Waals surface area contributed by atoms with Crippen molar-refractivity contribution in [1.82, 2.24) is 19.3 Å². The number of carbonyl (C=O) groups excluding carboxylic acids is 1. The van der Waals surface area contributed by atoms with E-state index in [1.807, 2.05) is 34.4 Å². The van der Waals surface area contributed by atoms with Gasteiger partial charge in [0.1, 0.15) is 11.3 Å². The molecule has 8 heteroatoms. The Morgan fingerprint density at radius 1 is 1.15 bits per heavy atom. The Balaban J connectivity index is 0.00000228. The quantitative estimate of drug-likeness (QED) is 0.488. The van der Waals surface area contributed by atoms with E-state index in [0.29, 0.717) is 42.9 Å². The molecule has 4 heterocycles. The number of benzene rings is 2. The Morgan fingerprint density at radius 2 is 2.00 bits per heavy atom. The molecule has 2 aromatic carbocycles. The standard InChI is InChI=1S/C25H24N4O3.ClH/c1-14-4-3-5-16-11-28(12-19(14)16)25(31)18-9-20-21(8-15(18)2)29-22(24(30)27-20)10-26-23(29)17-6-7-32-13-17;/h3-5,8-10,17H,6-7,11-13H2,1-2H3,(H,27,30);1H. The second-order valence-electron chi connectivity index (χ2n) is 8.91. The van der Waals surface area contributed by atoms with Gasteiger partial charge in [-0.2, -0.15) is 0 Å². The summed E-state index contributed by atoms with van der Waals surface area (Å²) in [6.45, 7) is 6.57. The summed E-state index contributed by atoms with van der Waals surface area (Å²) < 4.78 is 7.48. The number of rotatable bonds is 2. The number of fused-ring (bicyclic) bond motifs is 4. The number of aromatic amines is 1. The number of hydrogen-bond donors (Lipinski definition) is 1. The van der Waals surface area contributed by atoms with Crippen LogP contribution in [-0.4, -0.2) is 38.4 Å². The van der Waals surface area contributed by atoms with Crippen molar-refractivity contribution in [2.45, 2.75) is 39.3 Å². The second kappa shape index (κ2) is 8.01. The van der Waals surface area contributed by atoms with E-state index >= 15 is 0 Å². The molecular weight excluding hydrogens is 440 g/mol. The number of nitrogens with one attached hydrogen (secondary N) is 1. The molecule has 4 aromatic rings. The predicted octanol–water partition coefficient (Wildman–Crippen LogP) is 3.87. The molecule has 6 rings (SSSR count). The minimum absolute atomic E-state index is 0. The van der Waals surface area contributed by atoms with E-state index in [2.05, 4.69) is 29.0 Å². The van der Waals surface area contributed by atoms with Crippen LogP contribution in [0.4, 0.5) is 0 Å². The summed E-state index contributed by atoms with van der Waals surface area (Å²) in [4.78, 5) is 35.6. The molecule has 0 radical (unpaired) electrons. The van der Waals surface area contributed by atoms with Crippen molar-refractivity contribution in [2.75, 3.05) is 13.2 Å². The van der Waals surface area contributed by atoms with Gasteiger partial charge in [-0.3, -0.25) is 14.0 Å². The first-order valence-corrected chi connectivity index (χ1v) is 11.0. The van der Waals surface area contributed by atoms with Crippen LogP contribution in [0.15, 0.2) is 41.3 Å². The van der Waals surface area contributed by atoms with Crippen LogP contribution in [0.1, 0.15) is 50.8 Å². The number of imidazole rings is 1. The van der Waals surface area contributed by atoms with Crippen LogP contribution in [-0.2, 0) is 17.8 Å². The summed E-state index contributed by atoms with van der Waals surface area (Å²) in [5.74, 6) is 0.990. The first-order valence-electron chi connectivity index (χ1n) is 11.0. The molecule has 2 aromatic heterocycles. The number of nitrogens with zero attached hydrogens (tertiary/aromatic N) is 3. The number of carbonyl (C=O) groups is 1. The van der Waals surface area contributed by atoms with Crippen LogP contribution in [0.5, 0.6) is 0 Å². The van der Waals surface area contributed by atoms with Gasteiger partial charge in [0.2, 0.25) is 0 Å². The molecule has 1 fully saturated rings. The van der Waals surface area contributed by atoms with Crippen molar-refractivity contribution in [3.8, 4) is 0 Å². The lowest BCUT2D eigenvalue weighted by Gasteiger charge is -2.18. The highest BCUT2D eigenvalue weighted by atomic mass is 35.5. The lowest BCUT2D eigenvalue weighted by molar-refractivity contribution is 0.0750. The van der Waals surface area contributed by atoms with E-state index in [4.69, 9.17) is 4.74 Å². The van der Waals surface area contributed by atoms with Crippen LogP contribution < -0.4 is 5.56 Å². The van der Waals surface area contributed by atoms with Gasteiger partial charge in [0.25, 0.3) is 11.5 Å². The third kappa shape index (κ3) is 3.34. The van der Waals surface area contributed by atoms with Gasteiger partial charge in [-0.15, -0.1) is 12.4 Å². The maximum atomic E-state index is 13.5. The molecule has 1 unspecified atom stereocenters. The summed E-state index contributed by atoms with van der Waals surface area (Å²) in [5.41, 5.74) is 6.95. The van der Waals surface area contributed by atoms with E-state index in [-0.39, 0.29) is 29.8 Å². The first-order chi connectivity index (χ1) is 15.5. The lowest BCUT2D eigenvalue weighted by Crippen LogP contribution is -2.26. The molecule has 2 aliphatic heterocycles. The van der Waals surface area contributed by atoms with E-state index in [9.17, 15) is 9.59 Å². The van der Waals surface area contributed by atoms with E-state index in [1.165, 1.54) is 16.7 Å². The van der Waals surface area contributed by atoms with Crippen molar-refractivity contribution in [1.29, 1.82) is 0 Å². The van der Waals surface area contributed by atoms with E-state index in [0.717, 1.165) is 23.3 Å². The van der Waals surface area contributed by atoms with Crippen LogP contribution in [0.3, 0.4) is 0 Å². The van der Waals surface area contributed by atoms with Crippen molar-refractivity contribution < 1.29 is 9.53 Å². The zero-order valence-corrected chi connectivity index (χ0v) is 19.4. The molecule has 0 spiro atoms. The minimum atomic E-state index is -0.207. The number of H-pyrrole nitrogens is 1. The zero-order chi connectivity index (χ0) is 22.0. The Labute approximate surface area is 196 Å². The Kier molecular flexibility index (Phi) is 5.26. The molecule has 7 nitrogen and oxygen atoms in total. The second-order valence-corrected chi connectivity index (χ2v) is 8.91. The normalized spacial score (nSPS) is 17.5. The molecule has 170 valence electrons.